The molecule has 2 fully saturated rings. The van der Waals surface area contributed by atoms with Crippen molar-refractivity contribution in [3.05, 3.63) is 0 Å². The zero-order chi connectivity index (χ0) is 13.7. The van der Waals surface area contributed by atoms with Crippen LogP contribution in [0.4, 0.5) is 0 Å². The highest BCUT2D eigenvalue weighted by molar-refractivity contribution is 5.86. The van der Waals surface area contributed by atoms with Crippen molar-refractivity contribution in [3.8, 4) is 0 Å². The minimum atomic E-state index is 0. The van der Waals surface area contributed by atoms with Crippen LogP contribution in [0.2, 0.25) is 0 Å². The summed E-state index contributed by atoms with van der Waals surface area (Å²) in [4.78, 5) is 25.9. The highest BCUT2D eigenvalue weighted by atomic mass is 35.5. The summed E-state index contributed by atoms with van der Waals surface area (Å²) in [6.07, 6.45) is 5.47. The lowest BCUT2D eigenvalue weighted by Gasteiger charge is -2.34. The van der Waals surface area contributed by atoms with Crippen molar-refractivity contribution >= 4 is 24.2 Å². The molecule has 2 N–H and O–H groups in total. The van der Waals surface area contributed by atoms with Crippen molar-refractivity contribution in [2.24, 2.45) is 5.92 Å². The molecule has 5 nitrogen and oxygen atoms in total. The third-order valence-corrected chi connectivity index (χ3v) is 4.21. The average molecular weight is 304 g/mol. The zero-order valence-electron chi connectivity index (χ0n) is 12.2. The van der Waals surface area contributed by atoms with Gasteiger partial charge in [-0.3, -0.25) is 9.59 Å². The molecule has 2 aliphatic rings. The highest BCUT2D eigenvalue weighted by Gasteiger charge is 2.25. The van der Waals surface area contributed by atoms with E-state index in [0.29, 0.717) is 0 Å². The van der Waals surface area contributed by atoms with Gasteiger partial charge in [0, 0.05) is 31.6 Å². The third kappa shape index (κ3) is 4.63. The molecular formula is C14H26ClN3O2. The molecule has 0 bridgehead atoms. The monoisotopic (exact) mass is 303 g/mol. The first-order chi connectivity index (χ1) is 9.18. The standard InChI is InChI=1S/C14H25N3O2.ClH/c1-11-9-15-7-8-17(11)13(18)10-16-14(19)12-5-3-2-4-6-12;/h11-12,15H,2-10H2,1H3,(H,16,19);1H/t11-;/m0./s1. The van der Waals surface area contributed by atoms with Crippen LogP contribution in [0.15, 0.2) is 0 Å². The van der Waals surface area contributed by atoms with Crippen LogP contribution in [-0.4, -0.2) is 48.9 Å². The van der Waals surface area contributed by atoms with Crippen LogP contribution in [0, 0.1) is 5.92 Å². The molecule has 0 unspecified atom stereocenters. The second-order valence-corrected chi connectivity index (χ2v) is 5.69. The second-order valence-electron chi connectivity index (χ2n) is 5.69. The van der Waals surface area contributed by atoms with Gasteiger partial charge in [0.2, 0.25) is 11.8 Å². The Hall–Kier alpha value is -0.810. The van der Waals surface area contributed by atoms with Gasteiger partial charge in [0.1, 0.15) is 0 Å². The SMILES string of the molecule is C[C@H]1CNCCN1C(=O)CNC(=O)C1CCCCC1.Cl. The number of nitrogens with one attached hydrogen (secondary N) is 2. The van der Waals surface area contributed by atoms with Crippen LogP contribution in [0.3, 0.4) is 0 Å². The third-order valence-electron chi connectivity index (χ3n) is 4.21. The van der Waals surface area contributed by atoms with Crippen LogP contribution >= 0.6 is 12.4 Å². The molecular weight excluding hydrogens is 278 g/mol. The van der Waals surface area contributed by atoms with Crippen molar-refractivity contribution in [1.29, 1.82) is 0 Å². The number of rotatable bonds is 3. The van der Waals surface area contributed by atoms with Crippen molar-refractivity contribution in [3.63, 3.8) is 0 Å². The van der Waals surface area contributed by atoms with E-state index in [1.54, 1.807) is 0 Å². The summed E-state index contributed by atoms with van der Waals surface area (Å²) in [6, 6.07) is 0.216. The number of carbonyl (C=O) groups is 2. The van der Waals surface area contributed by atoms with Gasteiger partial charge in [-0.05, 0) is 19.8 Å². The van der Waals surface area contributed by atoms with Gasteiger partial charge in [-0.1, -0.05) is 19.3 Å². The van der Waals surface area contributed by atoms with E-state index in [-0.39, 0.29) is 42.7 Å². The van der Waals surface area contributed by atoms with Crippen LogP contribution in [0.1, 0.15) is 39.0 Å². The van der Waals surface area contributed by atoms with Crippen molar-refractivity contribution in [2.75, 3.05) is 26.2 Å². The van der Waals surface area contributed by atoms with Gasteiger partial charge in [0.25, 0.3) is 0 Å². The first kappa shape index (κ1) is 17.2. The van der Waals surface area contributed by atoms with Crippen molar-refractivity contribution in [1.82, 2.24) is 15.5 Å². The van der Waals surface area contributed by atoms with Gasteiger partial charge < -0.3 is 15.5 Å². The molecule has 1 heterocycles. The lowest BCUT2D eigenvalue weighted by molar-refractivity contribution is -0.136. The maximum absolute atomic E-state index is 12.1. The van der Waals surface area contributed by atoms with Gasteiger partial charge in [0.05, 0.1) is 6.54 Å². The summed E-state index contributed by atoms with van der Waals surface area (Å²) in [6.45, 7) is 4.60. The normalized spacial score (nSPS) is 23.9. The number of halogens is 1. The summed E-state index contributed by atoms with van der Waals surface area (Å²) in [5.41, 5.74) is 0. The minimum absolute atomic E-state index is 0. The van der Waals surface area contributed by atoms with E-state index in [1.165, 1.54) is 6.42 Å². The topological polar surface area (TPSA) is 61.4 Å². The van der Waals surface area contributed by atoms with E-state index in [2.05, 4.69) is 10.6 Å². The number of nitrogens with zero attached hydrogens (tertiary/aromatic N) is 1. The lowest BCUT2D eigenvalue weighted by Crippen LogP contribution is -2.54. The average Bonchev–Trinajstić information content (AvgIpc) is 2.46. The highest BCUT2D eigenvalue weighted by Crippen LogP contribution is 2.23. The Labute approximate surface area is 127 Å². The molecule has 0 aromatic carbocycles. The Morgan fingerprint density at radius 3 is 2.60 bits per heavy atom. The van der Waals surface area contributed by atoms with Gasteiger partial charge >= 0.3 is 0 Å². The molecule has 0 radical (unpaired) electrons. The van der Waals surface area contributed by atoms with Crippen LogP contribution in [0.25, 0.3) is 0 Å². The summed E-state index contributed by atoms with van der Waals surface area (Å²) < 4.78 is 0. The fraction of sp³-hybridized carbons (Fsp3) is 0.857. The van der Waals surface area contributed by atoms with Crippen LogP contribution in [-0.2, 0) is 9.59 Å². The van der Waals surface area contributed by atoms with E-state index in [4.69, 9.17) is 0 Å². The Kier molecular flexibility index (Phi) is 7.30. The summed E-state index contributed by atoms with van der Waals surface area (Å²) in [5, 5.41) is 6.07. The predicted octanol–water partition coefficient (Wildman–Crippen LogP) is 0.925. The number of amides is 2. The molecule has 20 heavy (non-hydrogen) atoms. The Morgan fingerprint density at radius 2 is 1.95 bits per heavy atom. The molecule has 2 amide bonds. The second kappa shape index (κ2) is 8.47. The summed E-state index contributed by atoms with van der Waals surface area (Å²) >= 11 is 0. The van der Waals surface area contributed by atoms with Crippen molar-refractivity contribution in [2.45, 2.75) is 45.1 Å². The molecule has 1 saturated heterocycles. The van der Waals surface area contributed by atoms with E-state index in [1.807, 2.05) is 11.8 Å². The fourth-order valence-corrected chi connectivity index (χ4v) is 2.98. The maximum Gasteiger partial charge on any atom is 0.242 e. The molecule has 2 rings (SSSR count). The smallest absolute Gasteiger partial charge is 0.242 e. The number of carbonyl (C=O) groups excluding carboxylic acids is 2. The Bertz CT molecular complexity index is 332. The number of hydrogen-bond acceptors (Lipinski definition) is 3. The molecule has 0 aromatic heterocycles. The first-order valence-electron chi connectivity index (χ1n) is 7.46. The molecule has 116 valence electrons. The van der Waals surface area contributed by atoms with Crippen molar-refractivity contribution < 1.29 is 9.59 Å². The summed E-state index contributed by atoms with van der Waals surface area (Å²) in [7, 11) is 0. The van der Waals surface area contributed by atoms with Gasteiger partial charge in [-0.15, -0.1) is 12.4 Å². The van der Waals surface area contributed by atoms with Gasteiger partial charge in [0.15, 0.2) is 0 Å². The molecule has 1 atom stereocenters. The largest absolute Gasteiger partial charge is 0.347 e. The summed E-state index contributed by atoms with van der Waals surface area (Å²) in [5.74, 6) is 0.232. The van der Waals surface area contributed by atoms with E-state index in [0.717, 1.165) is 45.3 Å². The Balaban J connectivity index is 0.00000200. The van der Waals surface area contributed by atoms with E-state index in [9.17, 15) is 9.59 Å². The lowest BCUT2D eigenvalue weighted by atomic mass is 9.89. The van der Waals surface area contributed by atoms with E-state index < -0.39 is 0 Å². The molecule has 1 saturated carbocycles. The molecule has 6 heteroatoms. The Morgan fingerprint density at radius 1 is 1.25 bits per heavy atom. The zero-order valence-corrected chi connectivity index (χ0v) is 13.0. The first-order valence-corrected chi connectivity index (χ1v) is 7.46. The number of piperazine rings is 1. The fourth-order valence-electron chi connectivity index (χ4n) is 2.98. The molecule has 1 aliphatic carbocycles. The molecule has 0 spiro atoms. The molecule has 1 aliphatic heterocycles. The van der Waals surface area contributed by atoms with E-state index >= 15 is 0 Å². The van der Waals surface area contributed by atoms with Crippen LogP contribution < -0.4 is 10.6 Å². The maximum atomic E-state index is 12.1. The minimum Gasteiger partial charge on any atom is -0.347 e. The van der Waals surface area contributed by atoms with Gasteiger partial charge in [-0.2, -0.15) is 0 Å². The number of hydrogen-bond donors (Lipinski definition) is 2. The quantitative estimate of drug-likeness (QED) is 0.815. The predicted molar refractivity (Wildman–Crippen MR) is 80.9 cm³/mol. The van der Waals surface area contributed by atoms with Crippen LogP contribution in [0.5, 0.6) is 0 Å². The van der Waals surface area contributed by atoms with Gasteiger partial charge in [-0.25, -0.2) is 0 Å². The molecule has 0 aromatic rings.